The van der Waals surface area contributed by atoms with E-state index in [1.54, 1.807) is 12.1 Å². The van der Waals surface area contributed by atoms with Crippen LogP contribution in [0.15, 0.2) is 53.9 Å². The molecule has 0 aliphatic rings. The molecule has 1 heterocycles. The van der Waals surface area contributed by atoms with Gasteiger partial charge in [-0.1, -0.05) is 23.7 Å². The summed E-state index contributed by atoms with van der Waals surface area (Å²) in [4.78, 5) is 4.60. The number of allylic oxidation sites excluding steroid dienone is 1. The van der Waals surface area contributed by atoms with Gasteiger partial charge in [0.25, 0.3) is 0 Å². The molecule has 0 radical (unpaired) electrons. The van der Waals surface area contributed by atoms with Crippen molar-refractivity contribution in [2.75, 3.05) is 6.61 Å². The number of nitriles is 1. The summed E-state index contributed by atoms with van der Waals surface area (Å²) in [5, 5.41) is 12.8. The van der Waals surface area contributed by atoms with E-state index in [1.165, 1.54) is 11.3 Å². The Bertz CT molecular complexity index is 922. The van der Waals surface area contributed by atoms with E-state index in [-0.39, 0.29) is 0 Å². The summed E-state index contributed by atoms with van der Waals surface area (Å²) in [6, 6.07) is 17.4. The lowest BCUT2D eigenvalue weighted by molar-refractivity contribution is 0.340. The fourth-order valence-electron chi connectivity index (χ4n) is 2.29. The van der Waals surface area contributed by atoms with Crippen LogP contribution in [0, 0.1) is 11.3 Å². The number of hydrogen-bond donors (Lipinski definition) is 0. The van der Waals surface area contributed by atoms with Gasteiger partial charge in [0.05, 0.1) is 17.9 Å². The summed E-state index contributed by atoms with van der Waals surface area (Å²) in [5.41, 5.74) is 3.29. The summed E-state index contributed by atoms with van der Waals surface area (Å²) < 4.78 is 5.45. The Hall–Kier alpha value is -2.61. The van der Waals surface area contributed by atoms with Gasteiger partial charge >= 0.3 is 0 Å². The van der Waals surface area contributed by atoms with Gasteiger partial charge in [0.2, 0.25) is 0 Å². The largest absolute Gasteiger partial charge is 0.494 e. The molecule has 1 aromatic heterocycles. The van der Waals surface area contributed by atoms with Crippen molar-refractivity contribution in [2.45, 2.75) is 6.92 Å². The molecule has 0 aliphatic heterocycles. The first-order chi connectivity index (χ1) is 12.2. The Morgan fingerprint density at radius 3 is 2.56 bits per heavy atom. The molecule has 124 valence electrons. The second-order valence-electron chi connectivity index (χ2n) is 5.22. The van der Waals surface area contributed by atoms with E-state index in [4.69, 9.17) is 16.3 Å². The number of rotatable bonds is 5. The molecule has 3 rings (SSSR count). The van der Waals surface area contributed by atoms with Gasteiger partial charge in [-0.2, -0.15) is 5.26 Å². The summed E-state index contributed by atoms with van der Waals surface area (Å²) in [5.74, 6) is 0.835. The van der Waals surface area contributed by atoms with E-state index in [0.717, 1.165) is 22.6 Å². The Morgan fingerprint density at radius 1 is 1.20 bits per heavy atom. The first-order valence-electron chi connectivity index (χ1n) is 7.76. The molecular weight excluding hydrogens is 352 g/mol. The second kappa shape index (κ2) is 7.98. The van der Waals surface area contributed by atoms with Crippen LogP contribution < -0.4 is 4.74 Å². The molecule has 3 aromatic rings. The van der Waals surface area contributed by atoms with Crippen molar-refractivity contribution >= 4 is 34.6 Å². The Kier molecular flexibility index (Phi) is 5.49. The van der Waals surface area contributed by atoms with Crippen molar-refractivity contribution < 1.29 is 4.74 Å². The number of aromatic nitrogens is 1. The Labute approximate surface area is 155 Å². The van der Waals surface area contributed by atoms with Crippen LogP contribution in [0.1, 0.15) is 17.5 Å². The average molecular weight is 367 g/mol. The Morgan fingerprint density at radius 2 is 1.92 bits per heavy atom. The molecule has 0 amide bonds. The fourth-order valence-corrected chi connectivity index (χ4v) is 3.21. The molecule has 0 aliphatic carbocycles. The van der Waals surface area contributed by atoms with E-state index in [2.05, 4.69) is 11.1 Å². The molecule has 0 saturated carbocycles. The zero-order chi connectivity index (χ0) is 17.6. The molecule has 0 bridgehead atoms. The van der Waals surface area contributed by atoms with Gasteiger partial charge in [-0.25, -0.2) is 4.98 Å². The van der Waals surface area contributed by atoms with Crippen LogP contribution >= 0.6 is 22.9 Å². The maximum Gasteiger partial charge on any atom is 0.134 e. The van der Waals surface area contributed by atoms with Crippen LogP contribution in [0.2, 0.25) is 5.02 Å². The van der Waals surface area contributed by atoms with Gasteiger partial charge in [-0.15, -0.1) is 11.3 Å². The predicted molar refractivity (Wildman–Crippen MR) is 104 cm³/mol. The molecule has 0 fully saturated rings. The van der Waals surface area contributed by atoms with E-state index in [9.17, 15) is 5.26 Å². The van der Waals surface area contributed by atoms with Crippen LogP contribution in [0.5, 0.6) is 5.75 Å². The third kappa shape index (κ3) is 4.27. The molecule has 0 unspecified atom stereocenters. The minimum Gasteiger partial charge on any atom is -0.494 e. The zero-order valence-corrected chi connectivity index (χ0v) is 15.1. The topological polar surface area (TPSA) is 45.9 Å². The van der Waals surface area contributed by atoms with Gasteiger partial charge in [0.1, 0.15) is 16.8 Å². The smallest absolute Gasteiger partial charge is 0.134 e. The minimum atomic E-state index is 0.532. The van der Waals surface area contributed by atoms with Gasteiger partial charge in [-0.3, -0.25) is 0 Å². The SMILES string of the molecule is CCOc1ccc(-c2csc(/C(C#N)=C/c3ccc(Cl)cc3)n2)cc1. The lowest BCUT2D eigenvalue weighted by Crippen LogP contribution is -1.90. The molecule has 0 spiro atoms. The molecule has 0 atom stereocenters. The van der Waals surface area contributed by atoms with Crippen LogP contribution in [0.25, 0.3) is 22.9 Å². The Balaban J connectivity index is 1.86. The summed E-state index contributed by atoms with van der Waals surface area (Å²) in [6.07, 6.45) is 1.82. The third-order valence-electron chi connectivity index (χ3n) is 3.50. The summed E-state index contributed by atoms with van der Waals surface area (Å²) >= 11 is 7.35. The van der Waals surface area contributed by atoms with Crippen molar-refractivity contribution in [1.29, 1.82) is 5.26 Å². The van der Waals surface area contributed by atoms with Gasteiger partial charge in [-0.05, 0) is 55.0 Å². The third-order valence-corrected chi connectivity index (χ3v) is 4.62. The highest BCUT2D eigenvalue weighted by atomic mass is 35.5. The second-order valence-corrected chi connectivity index (χ2v) is 6.51. The van der Waals surface area contributed by atoms with Crippen molar-refractivity contribution in [1.82, 2.24) is 4.98 Å². The highest BCUT2D eigenvalue weighted by Crippen LogP contribution is 2.28. The van der Waals surface area contributed by atoms with Gasteiger partial charge in [0, 0.05) is 16.0 Å². The minimum absolute atomic E-state index is 0.532. The number of benzene rings is 2. The normalized spacial score (nSPS) is 11.2. The first kappa shape index (κ1) is 17.2. The van der Waals surface area contributed by atoms with Crippen LogP contribution in [-0.4, -0.2) is 11.6 Å². The number of nitrogens with zero attached hydrogens (tertiary/aromatic N) is 2. The average Bonchev–Trinajstić information content (AvgIpc) is 3.12. The number of ether oxygens (including phenoxy) is 1. The predicted octanol–water partition coefficient (Wildman–Crippen LogP) is 5.93. The van der Waals surface area contributed by atoms with Crippen LogP contribution in [0.3, 0.4) is 0 Å². The van der Waals surface area contributed by atoms with E-state index >= 15 is 0 Å². The number of hydrogen-bond acceptors (Lipinski definition) is 4. The monoisotopic (exact) mass is 366 g/mol. The standard InChI is InChI=1S/C20H15ClN2OS/c1-2-24-18-9-5-15(6-10-18)19-13-25-20(23-19)16(12-22)11-14-3-7-17(21)8-4-14/h3-11,13H,2H2,1H3/b16-11+. The summed E-state index contributed by atoms with van der Waals surface area (Å²) in [6.45, 7) is 2.60. The maximum atomic E-state index is 9.48. The molecule has 25 heavy (non-hydrogen) atoms. The molecular formula is C20H15ClN2OS. The number of halogens is 1. The zero-order valence-electron chi connectivity index (χ0n) is 13.6. The lowest BCUT2D eigenvalue weighted by atomic mass is 10.1. The van der Waals surface area contributed by atoms with Crippen molar-refractivity contribution in [3.8, 4) is 23.1 Å². The lowest BCUT2D eigenvalue weighted by Gasteiger charge is -2.03. The van der Waals surface area contributed by atoms with Gasteiger partial charge in [0.15, 0.2) is 0 Å². The maximum absolute atomic E-state index is 9.48. The molecule has 5 heteroatoms. The quantitative estimate of drug-likeness (QED) is 0.526. The highest BCUT2D eigenvalue weighted by Gasteiger charge is 2.09. The fraction of sp³-hybridized carbons (Fsp3) is 0.100. The first-order valence-corrected chi connectivity index (χ1v) is 9.02. The van der Waals surface area contributed by atoms with E-state index in [0.29, 0.717) is 22.2 Å². The number of thiazole rings is 1. The molecule has 2 aromatic carbocycles. The van der Waals surface area contributed by atoms with Crippen molar-refractivity contribution in [2.24, 2.45) is 0 Å². The summed E-state index contributed by atoms with van der Waals surface area (Å²) in [7, 11) is 0. The highest BCUT2D eigenvalue weighted by molar-refractivity contribution is 7.11. The molecule has 3 nitrogen and oxygen atoms in total. The van der Waals surface area contributed by atoms with Crippen molar-refractivity contribution in [3.05, 3.63) is 69.5 Å². The van der Waals surface area contributed by atoms with Crippen molar-refractivity contribution in [3.63, 3.8) is 0 Å². The van der Waals surface area contributed by atoms with Crippen LogP contribution in [0.4, 0.5) is 0 Å². The van der Waals surface area contributed by atoms with E-state index < -0.39 is 0 Å². The van der Waals surface area contributed by atoms with Crippen LogP contribution in [-0.2, 0) is 0 Å². The van der Waals surface area contributed by atoms with Gasteiger partial charge < -0.3 is 4.74 Å². The van der Waals surface area contributed by atoms with E-state index in [1.807, 2.05) is 54.8 Å². The molecule has 0 N–H and O–H groups in total. The molecule has 0 saturated heterocycles.